The Morgan fingerprint density at radius 1 is 1.17 bits per heavy atom. The molecule has 1 aliphatic heterocycles. The Labute approximate surface area is 206 Å². The summed E-state index contributed by atoms with van der Waals surface area (Å²) in [5.41, 5.74) is 1.39. The molecule has 0 aromatic heterocycles. The van der Waals surface area contributed by atoms with Gasteiger partial charge in [0.2, 0.25) is 0 Å². The van der Waals surface area contributed by atoms with E-state index in [-0.39, 0.29) is 30.4 Å². The number of carbonyl (C=O) groups is 2. The van der Waals surface area contributed by atoms with Gasteiger partial charge >= 0.3 is 5.97 Å². The Kier molecular flexibility index (Phi) is 5.91. The summed E-state index contributed by atoms with van der Waals surface area (Å²) >= 11 is 0. The number of likely N-dealkylation sites (tertiary alicyclic amines) is 1. The number of hydrogen-bond acceptors (Lipinski definition) is 6. The van der Waals surface area contributed by atoms with E-state index in [2.05, 4.69) is 31.2 Å². The van der Waals surface area contributed by atoms with Gasteiger partial charge in [0.25, 0.3) is 5.91 Å². The second-order valence-electron chi connectivity index (χ2n) is 12.0. The number of aliphatic hydroxyl groups is 2. The first kappa shape index (κ1) is 24.5. The number of aliphatic carboxylic acids is 1. The van der Waals surface area contributed by atoms with Crippen molar-refractivity contribution in [3.8, 4) is 0 Å². The molecule has 1 amide bonds. The van der Waals surface area contributed by atoms with Crippen molar-refractivity contribution in [1.29, 1.82) is 0 Å². The fraction of sp³-hybridized carbons (Fsp3) is 0.741. The molecule has 0 bridgehead atoms. The summed E-state index contributed by atoms with van der Waals surface area (Å²) < 4.78 is 0. The van der Waals surface area contributed by atoms with Crippen molar-refractivity contribution in [2.75, 3.05) is 13.2 Å². The monoisotopic (exact) mass is 486 g/mol. The van der Waals surface area contributed by atoms with E-state index in [1.54, 1.807) is 0 Å². The van der Waals surface area contributed by atoms with Crippen molar-refractivity contribution < 1.29 is 29.7 Å². The number of oxime groups is 1. The number of carboxylic acid groups (broad SMARTS) is 1. The first-order valence-electron chi connectivity index (χ1n) is 13.0. The molecule has 1 heterocycles. The molecule has 5 rings (SSSR count). The van der Waals surface area contributed by atoms with Gasteiger partial charge in [-0.25, -0.2) is 4.79 Å². The van der Waals surface area contributed by atoms with Crippen molar-refractivity contribution in [2.45, 2.75) is 83.5 Å². The largest absolute Gasteiger partial charge is 0.480 e. The molecule has 8 heteroatoms. The van der Waals surface area contributed by atoms with Crippen molar-refractivity contribution in [2.24, 2.45) is 33.7 Å². The minimum atomic E-state index is -1.12. The number of rotatable bonds is 4. The van der Waals surface area contributed by atoms with Crippen LogP contribution >= 0.6 is 0 Å². The van der Waals surface area contributed by atoms with E-state index in [4.69, 9.17) is 4.84 Å². The van der Waals surface area contributed by atoms with Gasteiger partial charge in [0.05, 0.1) is 11.7 Å². The average molecular weight is 487 g/mol. The van der Waals surface area contributed by atoms with Crippen LogP contribution in [0.25, 0.3) is 0 Å². The van der Waals surface area contributed by atoms with Crippen molar-refractivity contribution >= 4 is 17.6 Å². The lowest BCUT2D eigenvalue weighted by atomic mass is 9.47. The van der Waals surface area contributed by atoms with E-state index >= 15 is 0 Å². The Bertz CT molecular complexity index is 1000. The van der Waals surface area contributed by atoms with Crippen LogP contribution in [0.4, 0.5) is 0 Å². The van der Waals surface area contributed by atoms with Gasteiger partial charge in [-0.2, -0.15) is 0 Å². The van der Waals surface area contributed by atoms with E-state index in [1.807, 2.05) is 13.0 Å². The molecule has 1 saturated heterocycles. The lowest BCUT2D eigenvalue weighted by Gasteiger charge is -2.58. The number of nitrogens with zero attached hydrogens (tertiary/aromatic N) is 2. The van der Waals surface area contributed by atoms with E-state index in [1.165, 1.54) is 5.57 Å². The second-order valence-corrected chi connectivity index (χ2v) is 12.0. The second kappa shape index (κ2) is 8.44. The molecule has 4 fully saturated rings. The lowest BCUT2D eigenvalue weighted by molar-refractivity contribution is -0.150. The number of aliphatic hydroxyl groups excluding tert-OH is 1. The lowest BCUT2D eigenvalue weighted by Crippen LogP contribution is -2.53. The van der Waals surface area contributed by atoms with Crippen molar-refractivity contribution in [1.82, 2.24) is 4.90 Å². The molecule has 8 atom stereocenters. The third kappa shape index (κ3) is 3.84. The Morgan fingerprint density at radius 3 is 2.66 bits per heavy atom. The standard InChI is InChI=1S/C27H38N2O6/c1-25-9-6-17(28-35-15-23(31)29-14-18(30)13-22(29)24(32)33)12-16(25)4-5-19-20(25)7-10-26(2)21(19)8-11-27(26,3)34/h6,9,12,18-22,30,34H,4-5,7-8,10-11,13-15H2,1-3H3,(H,32,33)/t18-,19-,20-,21+,22-,25+,26+,27+/m1/s1. The van der Waals surface area contributed by atoms with Gasteiger partial charge in [-0.15, -0.1) is 0 Å². The maximum atomic E-state index is 12.5. The summed E-state index contributed by atoms with van der Waals surface area (Å²) in [6, 6.07) is -1.03. The molecule has 0 spiro atoms. The van der Waals surface area contributed by atoms with E-state index in [9.17, 15) is 24.9 Å². The van der Waals surface area contributed by atoms with E-state index in [0.29, 0.717) is 23.5 Å². The topological polar surface area (TPSA) is 120 Å². The molecule has 4 aliphatic carbocycles. The molecule has 0 unspecified atom stereocenters. The average Bonchev–Trinajstić information content (AvgIpc) is 3.31. The predicted octanol–water partition coefficient (Wildman–Crippen LogP) is 2.90. The van der Waals surface area contributed by atoms with Crippen LogP contribution < -0.4 is 0 Å². The van der Waals surface area contributed by atoms with Gasteiger partial charge in [0, 0.05) is 18.4 Å². The summed E-state index contributed by atoms with van der Waals surface area (Å²) in [6.45, 7) is 6.30. The first-order valence-corrected chi connectivity index (χ1v) is 13.0. The SMILES string of the molecule is C[C@]12C=CC(=NOCC(=O)N3C[C@H](O)C[C@@H]3C(=O)O)C=C1CC[C@@H]1[C@H]2CC[C@@]2(C)[C@H]1CC[C@]2(C)O. The molecule has 35 heavy (non-hydrogen) atoms. The van der Waals surface area contributed by atoms with Crippen LogP contribution in [0.15, 0.2) is 29.0 Å². The van der Waals surface area contributed by atoms with Crippen LogP contribution in [0.5, 0.6) is 0 Å². The normalized spacial score (nSPS) is 45.5. The summed E-state index contributed by atoms with van der Waals surface area (Å²) in [5, 5.41) is 34.3. The Hall–Kier alpha value is -2.19. The van der Waals surface area contributed by atoms with Crippen LogP contribution in [0.1, 0.15) is 65.7 Å². The number of hydrogen-bond donors (Lipinski definition) is 3. The molecule has 192 valence electrons. The molecular weight excluding hydrogens is 448 g/mol. The fourth-order valence-electron chi connectivity index (χ4n) is 8.08. The van der Waals surface area contributed by atoms with E-state index in [0.717, 1.165) is 43.4 Å². The zero-order valence-electron chi connectivity index (χ0n) is 20.9. The van der Waals surface area contributed by atoms with Crippen LogP contribution in [0, 0.1) is 28.6 Å². The Balaban J connectivity index is 1.25. The third-order valence-electron chi connectivity index (χ3n) is 10.4. The minimum absolute atomic E-state index is 0.00214. The first-order chi connectivity index (χ1) is 16.5. The number of β-amino-alcohol motifs (C(OH)–C–C–N with tert-alkyl or cyclic N) is 1. The van der Waals surface area contributed by atoms with Gasteiger partial charge in [-0.3, -0.25) is 4.79 Å². The molecule has 3 saturated carbocycles. The quantitative estimate of drug-likeness (QED) is 0.526. The zero-order chi connectivity index (χ0) is 25.2. The van der Waals surface area contributed by atoms with Gasteiger partial charge in [-0.05, 0) is 80.8 Å². The van der Waals surface area contributed by atoms with Gasteiger partial charge in [0.1, 0.15) is 11.8 Å². The van der Waals surface area contributed by atoms with Gasteiger partial charge < -0.3 is 25.1 Å². The molecule has 0 aromatic carbocycles. The summed E-state index contributed by atoms with van der Waals surface area (Å²) in [5.74, 6) is 0.101. The van der Waals surface area contributed by atoms with Crippen LogP contribution in [-0.2, 0) is 14.4 Å². The molecular formula is C27H38N2O6. The summed E-state index contributed by atoms with van der Waals surface area (Å²) in [7, 11) is 0. The highest BCUT2D eigenvalue weighted by atomic mass is 16.6. The van der Waals surface area contributed by atoms with Gasteiger partial charge in [0.15, 0.2) is 6.61 Å². The number of carboxylic acids is 1. The minimum Gasteiger partial charge on any atom is -0.480 e. The number of amides is 1. The highest BCUT2D eigenvalue weighted by Gasteiger charge is 2.62. The van der Waals surface area contributed by atoms with Crippen LogP contribution in [-0.4, -0.2) is 68.7 Å². The highest BCUT2D eigenvalue weighted by Crippen LogP contribution is 2.66. The summed E-state index contributed by atoms with van der Waals surface area (Å²) in [4.78, 5) is 30.3. The van der Waals surface area contributed by atoms with Crippen LogP contribution in [0.3, 0.4) is 0 Å². The third-order valence-corrected chi connectivity index (χ3v) is 10.4. The van der Waals surface area contributed by atoms with Crippen molar-refractivity contribution in [3.05, 3.63) is 23.8 Å². The molecule has 8 nitrogen and oxygen atoms in total. The van der Waals surface area contributed by atoms with E-state index < -0.39 is 29.6 Å². The maximum absolute atomic E-state index is 12.5. The van der Waals surface area contributed by atoms with Crippen LogP contribution in [0.2, 0.25) is 0 Å². The van der Waals surface area contributed by atoms with Gasteiger partial charge in [-0.1, -0.05) is 30.7 Å². The maximum Gasteiger partial charge on any atom is 0.326 e. The number of carbonyl (C=O) groups excluding carboxylic acids is 1. The Morgan fingerprint density at radius 2 is 1.91 bits per heavy atom. The molecule has 0 aromatic rings. The predicted molar refractivity (Wildman–Crippen MR) is 129 cm³/mol. The zero-order valence-corrected chi connectivity index (χ0v) is 20.9. The van der Waals surface area contributed by atoms with Crippen molar-refractivity contribution in [3.63, 3.8) is 0 Å². The number of allylic oxidation sites excluding steroid dienone is 4. The molecule has 5 aliphatic rings. The fourth-order valence-corrected chi connectivity index (χ4v) is 8.08. The molecule has 0 radical (unpaired) electrons. The number of fused-ring (bicyclic) bond motifs is 5. The highest BCUT2D eigenvalue weighted by molar-refractivity contribution is 6.05. The molecule has 3 N–H and O–H groups in total. The smallest absolute Gasteiger partial charge is 0.326 e. The summed E-state index contributed by atoms with van der Waals surface area (Å²) in [6.07, 6.45) is 11.8.